The van der Waals surface area contributed by atoms with Gasteiger partial charge in [-0.3, -0.25) is 4.79 Å². The second-order valence-electron chi connectivity index (χ2n) is 4.10. The van der Waals surface area contributed by atoms with Crippen molar-refractivity contribution in [3.05, 3.63) is 36.1 Å². The zero-order chi connectivity index (χ0) is 12.4. The number of furan rings is 1. The van der Waals surface area contributed by atoms with Crippen LogP contribution in [0.15, 0.2) is 34.7 Å². The van der Waals surface area contributed by atoms with E-state index in [4.69, 9.17) is 9.52 Å². The largest absolute Gasteiger partial charge is 0.451 e. The van der Waals surface area contributed by atoms with E-state index in [0.717, 1.165) is 5.39 Å². The van der Waals surface area contributed by atoms with Crippen molar-refractivity contribution < 1.29 is 14.3 Å². The molecule has 0 fully saturated rings. The molecule has 90 valence electrons. The minimum absolute atomic E-state index is 0.0670. The van der Waals surface area contributed by atoms with Gasteiger partial charge < -0.3 is 14.4 Å². The molecule has 0 radical (unpaired) electrons. The first-order chi connectivity index (χ1) is 8.13. The number of likely N-dealkylation sites (N-methyl/N-ethyl adjacent to an activating group) is 1. The second kappa shape index (κ2) is 4.59. The van der Waals surface area contributed by atoms with Gasteiger partial charge in [0.25, 0.3) is 5.91 Å². The van der Waals surface area contributed by atoms with Crippen LogP contribution in [0.4, 0.5) is 0 Å². The van der Waals surface area contributed by atoms with Gasteiger partial charge in [-0.2, -0.15) is 0 Å². The van der Waals surface area contributed by atoms with Crippen molar-refractivity contribution in [2.75, 3.05) is 13.7 Å². The van der Waals surface area contributed by atoms with Crippen LogP contribution in [0.1, 0.15) is 17.5 Å². The summed E-state index contributed by atoms with van der Waals surface area (Å²) in [6, 6.07) is 8.97. The molecule has 4 nitrogen and oxygen atoms in total. The van der Waals surface area contributed by atoms with E-state index in [9.17, 15) is 4.79 Å². The van der Waals surface area contributed by atoms with Crippen LogP contribution in [0.3, 0.4) is 0 Å². The van der Waals surface area contributed by atoms with Crippen molar-refractivity contribution in [2.24, 2.45) is 0 Å². The predicted molar refractivity (Wildman–Crippen MR) is 64.9 cm³/mol. The number of aliphatic hydroxyl groups is 1. The zero-order valence-electron chi connectivity index (χ0n) is 9.88. The molecule has 0 aliphatic carbocycles. The lowest BCUT2D eigenvalue weighted by molar-refractivity contribution is 0.0653. The van der Waals surface area contributed by atoms with Crippen molar-refractivity contribution in [3.63, 3.8) is 0 Å². The number of carbonyl (C=O) groups is 1. The van der Waals surface area contributed by atoms with E-state index in [-0.39, 0.29) is 18.6 Å². The van der Waals surface area contributed by atoms with Crippen molar-refractivity contribution >= 4 is 16.9 Å². The van der Waals surface area contributed by atoms with E-state index in [1.54, 1.807) is 20.0 Å². The van der Waals surface area contributed by atoms with Crippen molar-refractivity contribution in [2.45, 2.75) is 13.0 Å². The van der Waals surface area contributed by atoms with Gasteiger partial charge in [-0.1, -0.05) is 18.2 Å². The highest BCUT2D eigenvalue weighted by atomic mass is 16.3. The summed E-state index contributed by atoms with van der Waals surface area (Å²) in [6.45, 7) is 1.71. The van der Waals surface area contributed by atoms with Crippen LogP contribution in [-0.2, 0) is 0 Å². The van der Waals surface area contributed by atoms with E-state index in [1.165, 1.54) is 4.90 Å². The molecule has 1 heterocycles. The summed E-state index contributed by atoms with van der Waals surface area (Å²) in [5.41, 5.74) is 0.695. The standard InChI is InChI=1S/C13H15NO3/c1-9(8-15)14(2)13(16)12-7-10-5-3-4-6-11(10)17-12/h3-7,9,15H,8H2,1-2H3. The maximum Gasteiger partial charge on any atom is 0.289 e. The Morgan fingerprint density at radius 1 is 1.47 bits per heavy atom. The number of hydrogen-bond donors (Lipinski definition) is 1. The number of rotatable bonds is 3. The number of benzene rings is 1. The summed E-state index contributed by atoms with van der Waals surface area (Å²) in [5, 5.41) is 9.92. The smallest absolute Gasteiger partial charge is 0.289 e. The Labute approximate surface area is 99.4 Å². The average Bonchev–Trinajstić information content (AvgIpc) is 2.79. The number of amides is 1. The van der Waals surface area contributed by atoms with Gasteiger partial charge in [-0.05, 0) is 19.1 Å². The van der Waals surface area contributed by atoms with Crippen molar-refractivity contribution in [1.82, 2.24) is 4.90 Å². The Morgan fingerprint density at radius 2 is 2.18 bits per heavy atom. The Balaban J connectivity index is 2.30. The molecule has 1 unspecified atom stereocenters. The Morgan fingerprint density at radius 3 is 2.82 bits per heavy atom. The van der Waals surface area contributed by atoms with Gasteiger partial charge >= 0.3 is 0 Å². The minimum atomic E-state index is -0.226. The summed E-state index contributed by atoms with van der Waals surface area (Å²) >= 11 is 0. The number of fused-ring (bicyclic) bond motifs is 1. The van der Waals surface area contributed by atoms with Crippen LogP contribution < -0.4 is 0 Å². The van der Waals surface area contributed by atoms with E-state index in [2.05, 4.69) is 0 Å². The van der Waals surface area contributed by atoms with Crippen molar-refractivity contribution in [3.8, 4) is 0 Å². The first-order valence-electron chi connectivity index (χ1n) is 5.50. The van der Waals surface area contributed by atoms with Gasteiger partial charge in [-0.25, -0.2) is 0 Å². The first kappa shape index (κ1) is 11.7. The molecule has 1 aromatic carbocycles. The lowest BCUT2D eigenvalue weighted by atomic mass is 10.2. The maximum absolute atomic E-state index is 12.0. The lowest BCUT2D eigenvalue weighted by Crippen LogP contribution is -2.37. The van der Waals surface area contributed by atoms with Gasteiger partial charge in [0.15, 0.2) is 5.76 Å². The van der Waals surface area contributed by atoms with E-state index in [1.807, 2.05) is 24.3 Å². The summed E-state index contributed by atoms with van der Waals surface area (Å²) in [5.74, 6) is 0.0803. The third-order valence-corrected chi connectivity index (χ3v) is 2.88. The molecule has 1 aromatic heterocycles. The van der Waals surface area contributed by atoms with Crippen LogP contribution in [-0.4, -0.2) is 35.6 Å². The van der Waals surface area contributed by atoms with Gasteiger partial charge in [0.2, 0.25) is 0 Å². The molecule has 0 bridgehead atoms. The summed E-state index contributed by atoms with van der Waals surface area (Å²) in [7, 11) is 1.65. The number of hydrogen-bond acceptors (Lipinski definition) is 3. The quantitative estimate of drug-likeness (QED) is 0.880. The summed E-state index contributed by atoms with van der Waals surface area (Å²) < 4.78 is 5.47. The molecule has 0 aliphatic rings. The van der Waals surface area contributed by atoms with Crippen molar-refractivity contribution in [1.29, 1.82) is 0 Å². The summed E-state index contributed by atoms with van der Waals surface area (Å²) in [4.78, 5) is 13.5. The van der Waals surface area contributed by atoms with Gasteiger partial charge in [0, 0.05) is 12.4 Å². The van der Waals surface area contributed by atoms with Gasteiger partial charge in [0.1, 0.15) is 5.58 Å². The van der Waals surface area contributed by atoms with Crippen LogP contribution in [0.2, 0.25) is 0 Å². The number of para-hydroxylation sites is 1. The third kappa shape index (κ3) is 2.17. The van der Waals surface area contributed by atoms with Crippen LogP contribution in [0, 0.1) is 0 Å². The highest BCUT2D eigenvalue weighted by Gasteiger charge is 2.20. The minimum Gasteiger partial charge on any atom is -0.451 e. The molecule has 0 aliphatic heterocycles. The molecule has 17 heavy (non-hydrogen) atoms. The van der Waals surface area contributed by atoms with Crippen LogP contribution in [0.5, 0.6) is 0 Å². The van der Waals surface area contributed by atoms with E-state index in [0.29, 0.717) is 11.3 Å². The molecule has 1 amide bonds. The molecular formula is C13H15NO3. The fraction of sp³-hybridized carbons (Fsp3) is 0.308. The normalized spacial score (nSPS) is 12.6. The molecule has 4 heteroatoms. The SMILES string of the molecule is CC(CO)N(C)C(=O)c1cc2ccccc2o1. The second-order valence-corrected chi connectivity index (χ2v) is 4.10. The zero-order valence-corrected chi connectivity index (χ0v) is 9.88. The van der Waals surface area contributed by atoms with Gasteiger partial charge in [-0.15, -0.1) is 0 Å². The van der Waals surface area contributed by atoms with E-state index < -0.39 is 0 Å². The molecular weight excluding hydrogens is 218 g/mol. The number of aliphatic hydroxyl groups excluding tert-OH is 1. The number of nitrogens with zero attached hydrogens (tertiary/aromatic N) is 1. The molecule has 0 saturated heterocycles. The Kier molecular flexibility index (Phi) is 3.15. The molecule has 2 rings (SSSR count). The number of carbonyl (C=O) groups excluding carboxylic acids is 1. The van der Waals surface area contributed by atoms with Gasteiger partial charge in [0.05, 0.1) is 12.6 Å². The third-order valence-electron chi connectivity index (χ3n) is 2.88. The fourth-order valence-corrected chi connectivity index (χ4v) is 1.58. The Bertz CT molecular complexity index is 499. The highest BCUT2D eigenvalue weighted by Crippen LogP contribution is 2.20. The van der Waals surface area contributed by atoms with Crippen LogP contribution in [0.25, 0.3) is 11.0 Å². The molecule has 2 aromatic rings. The monoisotopic (exact) mass is 233 g/mol. The lowest BCUT2D eigenvalue weighted by Gasteiger charge is -2.21. The molecule has 1 N–H and O–H groups in total. The molecule has 0 saturated carbocycles. The highest BCUT2D eigenvalue weighted by molar-refractivity contribution is 5.96. The maximum atomic E-state index is 12.0. The molecule has 1 atom stereocenters. The first-order valence-corrected chi connectivity index (χ1v) is 5.50. The predicted octanol–water partition coefficient (Wildman–Crippen LogP) is 1.89. The van der Waals surface area contributed by atoms with E-state index >= 15 is 0 Å². The Hall–Kier alpha value is -1.81. The van der Waals surface area contributed by atoms with Crippen LogP contribution >= 0.6 is 0 Å². The fourth-order valence-electron chi connectivity index (χ4n) is 1.58. The summed E-state index contributed by atoms with van der Waals surface area (Å²) in [6.07, 6.45) is 0. The topological polar surface area (TPSA) is 53.7 Å². The molecule has 0 spiro atoms. The average molecular weight is 233 g/mol.